The smallest absolute Gasteiger partial charge is 0.407 e. The van der Waals surface area contributed by atoms with Gasteiger partial charge >= 0.3 is 12.1 Å². The maximum Gasteiger partial charge on any atom is 0.407 e. The molecule has 29 heavy (non-hydrogen) atoms. The Kier molecular flexibility index (Phi) is 6.23. The van der Waals surface area contributed by atoms with Crippen LogP contribution in [0.15, 0.2) is 48.5 Å². The second kappa shape index (κ2) is 8.66. The number of hydrogen-bond acceptors (Lipinski definition) is 4. The first-order valence-corrected chi connectivity index (χ1v) is 9.72. The fourth-order valence-corrected chi connectivity index (χ4v) is 3.42. The molecule has 0 spiro atoms. The van der Waals surface area contributed by atoms with Gasteiger partial charge in [0.2, 0.25) is 0 Å². The van der Waals surface area contributed by atoms with Crippen LogP contribution in [-0.4, -0.2) is 42.5 Å². The Morgan fingerprint density at radius 2 is 1.59 bits per heavy atom. The molecule has 0 bridgehead atoms. The molecular weight excluding hydrogens is 370 g/mol. The van der Waals surface area contributed by atoms with E-state index in [1.807, 2.05) is 57.2 Å². The van der Waals surface area contributed by atoms with E-state index in [-0.39, 0.29) is 25.7 Å². The van der Waals surface area contributed by atoms with Gasteiger partial charge in [0, 0.05) is 12.5 Å². The minimum atomic E-state index is -1.02. The van der Waals surface area contributed by atoms with Crippen molar-refractivity contribution in [1.29, 1.82) is 0 Å². The van der Waals surface area contributed by atoms with Gasteiger partial charge in [-0.25, -0.2) is 4.79 Å². The van der Waals surface area contributed by atoms with E-state index in [0.717, 1.165) is 22.3 Å². The number of alkyl carbamates (subject to hydrolysis) is 1. The van der Waals surface area contributed by atoms with Crippen LogP contribution in [0, 0.1) is 5.92 Å². The lowest BCUT2D eigenvalue weighted by Crippen LogP contribution is -2.37. The van der Waals surface area contributed by atoms with Crippen LogP contribution in [-0.2, 0) is 14.3 Å². The van der Waals surface area contributed by atoms with Gasteiger partial charge in [0.25, 0.3) is 0 Å². The number of aliphatic carboxylic acids is 1. The van der Waals surface area contributed by atoms with Gasteiger partial charge in [0.05, 0.1) is 18.1 Å². The molecule has 1 amide bonds. The Balaban J connectivity index is 1.57. The van der Waals surface area contributed by atoms with E-state index in [4.69, 9.17) is 9.47 Å². The molecule has 1 atom stereocenters. The summed E-state index contributed by atoms with van der Waals surface area (Å²) in [4.78, 5) is 23.6. The number of benzene rings is 2. The van der Waals surface area contributed by atoms with Crippen molar-refractivity contribution in [2.45, 2.75) is 32.3 Å². The fraction of sp³-hybridized carbons (Fsp3) is 0.391. The average Bonchev–Trinajstić information content (AvgIpc) is 2.99. The molecule has 0 aliphatic heterocycles. The van der Waals surface area contributed by atoms with E-state index in [1.54, 1.807) is 0 Å². The molecule has 0 heterocycles. The molecule has 0 fully saturated rings. The maximum atomic E-state index is 12.2. The predicted octanol–water partition coefficient (Wildman–Crippen LogP) is 4.04. The molecule has 2 N–H and O–H groups in total. The summed E-state index contributed by atoms with van der Waals surface area (Å²) in [6.45, 7) is 5.71. The predicted molar refractivity (Wildman–Crippen MR) is 110 cm³/mol. The third-order valence-electron chi connectivity index (χ3n) is 4.90. The highest BCUT2D eigenvalue weighted by Gasteiger charge is 2.29. The molecule has 0 aromatic heterocycles. The molecule has 6 nitrogen and oxygen atoms in total. The molecular formula is C23H27NO5. The van der Waals surface area contributed by atoms with Crippen LogP contribution in [0.5, 0.6) is 0 Å². The third kappa shape index (κ3) is 5.15. The zero-order valence-electron chi connectivity index (χ0n) is 17.0. The molecule has 0 radical (unpaired) electrons. The summed E-state index contributed by atoms with van der Waals surface area (Å²) >= 11 is 0. The second-order valence-corrected chi connectivity index (χ2v) is 8.16. The van der Waals surface area contributed by atoms with E-state index < -0.39 is 23.6 Å². The summed E-state index contributed by atoms with van der Waals surface area (Å²) in [6, 6.07) is 16.2. The number of amides is 1. The van der Waals surface area contributed by atoms with Crippen molar-refractivity contribution >= 4 is 12.1 Å². The molecule has 154 valence electrons. The van der Waals surface area contributed by atoms with Crippen LogP contribution in [0.4, 0.5) is 4.79 Å². The lowest BCUT2D eigenvalue weighted by atomic mass is 9.98. The lowest BCUT2D eigenvalue weighted by molar-refractivity contribution is -0.145. The van der Waals surface area contributed by atoms with Crippen molar-refractivity contribution in [3.63, 3.8) is 0 Å². The van der Waals surface area contributed by atoms with Crippen LogP contribution >= 0.6 is 0 Å². The van der Waals surface area contributed by atoms with Gasteiger partial charge in [0.15, 0.2) is 0 Å². The monoisotopic (exact) mass is 397 g/mol. The van der Waals surface area contributed by atoms with Gasteiger partial charge < -0.3 is 19.9 Å². The highest BCUT2D eigenvalue weighted by Crippen LogP contribution is 2.44. The molecule has 0 unspecified atom stereocenters. The zero-order valence-corrected chi connectivity index (χ0v) is 17.0. The van der Waals surface area contributed by atoms with Crippen LogP contribution in [0.25, 0.3) is 11.1 Å². The summed E-state index contributed by atoms with van der Waals surface area (Å²) in [7, 11) is 0. The molecule has 1 aliphatic rings. The maximum absolute atomic E-state index is 12.2. The fourth-order valence-electron chi connectivity index (χ4n) is 3.42. The number of hydrogen-bond donors (Lipinski definition) is 2. The summed E-state index contributed by atoms with van der Waals surface area (Å²) in [5.41, 5.74) is 4.12. The first-order chi connectivity index (χ1) is 13.8. The minimum absolute atomic E-state index is 0.0164. The Morgan fingerprint density at radius 1 is 1.03 bits per heavy atom. The number of carboxylic acids is 1. The van der Waals surface area contributed by atoms with Gasteiger partial charge in [0.1, 0.15) is 6.61 Å². The van der Waals surface area contributed by atoms with Crippen molar-refractivity contribution in [2.24, 2.45) is 5.92 Å². The number of carbonyl (C=O) groups excluding carboxylic acids is 1. The van der Waals surface area contributed by atoms with Gasteiger partial charge in [-0.15, -0.1) is 0 Å². The van der Waals surface area contributed by atoms with E-state index >= 15 is 0 Å². The van der Waals surface area contributed by atoms with Crippen molar-refractivity contribution in [3.8, 4) is 11.1 Å². The van der Waals surface area contributed by atoms with Crippen molar-refractivity contribution in [3.05, 3.63) is 59.7 Å². The van der Waals surface area contributed by atoms with Crippen LogP contribution in [0.3, 0.4) is 0 Å². The summed E-state index contributed by atoms with van der Waals surface area (Å²) in [6.07, 6.45) is -0.631. The number of carbonyl (C=O) groups is 2. The van der Waals surface area contributed by atoms with E-state index in [2.05, 4.69) is 17.4 Å². The Bertz CT molecular complexity index is 841. The Hall–Kier alpha value is -2.86. The molecule has 6 heteroatoms. The molecule has 1 aliphatic carbocycles. The first kappa shape index (κ1) is 20.9. The Labute approximate surface area is 170 Å². The number of ether oxygens (including phenoxy) is 2. The topological polar surface area (TPSA) is 84.9 Å². The molecule has 0 saturated heterocycles. The number of fused-ring (bicyclic) bond motifs is 3. The average molecular weight is 397 g/mol. The highest BCUT2D eigenvalue weighted by atomic mass is 16.5. The molecule has 3 rings (SSSR count). The molecule has 2 aromatic carbocycles. The number of rotatable bonds is 7. The number of carboxylic acid groups (broad SMARTS) is 1. The van der Waals surface area contributed by atoms with E-state index in [9.17, 15) is 14.7 Å². The minimum Gasteiger partial charge on any atom is -0.481 e. The molecule has 0 saturated carbocycles. The van der Waals surface area contributed by atoms with Gasteiger partial charge in [-0.05, 0) is 43.0 Å². The zero-order chi connectivity index (χ0) is 21.0. The normalized spacial score (nSPS) is 14.0. The third-order valence-corrected chi connectivity index (χ3v) is 4.90. The summed E-state index contributed by atoms with van der Waals surface area (Å²) in [5, 5.41) is 11.9. The van der Waals surface area contributed by atoms with Crippen molar-refractivity contribution in [2.75, 3.05) is 19.8 Å². The number of nitrogens with one attached hydrogen (secondary N) is 1. The highest BCUT2D eigenvalue weighted by molar-refractivity contribution is 5.79. The van der Waals surface area contributed by atoms with Gasteiger partial charge in [-0.1, -0.05) is 48.5 Å². The molecule has 2 aromatic rings. The standard InChI is InChI=1S/C23H27NO5/c1-23(2,3)29-13-15(21(25)26)12-24-22(27)28-14-20-18-10-6-4-8-16(18)17-9-5-7-11-19(17)20/h4-11,15,20H,12-14H2,1-3H3,(H,24,27)(H,25,26)/t15-/m1/s1. The van der Waals surface area contributed by atoms with Gasteiger partial charge in [-0.3, -0.25) is 4.79 Å². The van der Waals surface area contributed by atoms with E-state index in [1.165, 1.54) is 0 Å². The van der Waals surface area contributed by atoms with Crippen LogP contribution in [0.1, 0.15) is 37.8 Å². The summed E-state index contributed by atoms with van der Waals surface area (Å²) < 4.78 is 11.0. The largest absolute Gasteiger partial charge is 0.481 e. The van der Waals surface area contributed by atoms with Gasteiger partial charge in [-0.2, -0.15) is 0 Å². The Morgan fingerprint density at radius 3 is 2.10 bits per heavy atom. The first-order valence-electron chi connectivity index (χ1n) is 9.72. The quantitative estimate of drug-likeness (QED) is 0.737. The second-order valence-electron chi connectivity index (χ2n) is 8.16. The SMILES string of the molecule is CC(C)(C)OC[C@@H](CNC(=O)OCC1c2ccccc2-c2ccccc21)C(=O)O. The van der Waals surface area contributed by atoms with Crippen LogP contribution < -0.4 is 5.32 Å². The van der Waals surface area contributed by atoms with E-state index in [0.29, 0.717) is 0 Å². The lowest BCUT2D eigenvalue weighted by Gasteiger charge is -2.22. The van der Waals surface area contributed by atoms with Crippen molar-refractivity contribution < 1.29 is 24.2 Å². The van der Waals surface area contributed by atoms with Crippen molar-refractivity contribution in [1.82, 2.24) is 5.32 Å². The van der Waals surface area contributed by atoms with Crippen LogP contribution in [0.2, 0.25) is 0 Å². The summed E-state index contributed by atoms with van der Waals surface area (Å²) in [5.74, 6) is -1.89.